The zero-order valence-corrected chi connectivity index (χ0v) is 11.6. The molecule has 0 aromatic rings. The van der Waals surface area contributed by atoms with Crippen LogP contribution in [-0.4, -0.2) is 22.9 Å². The fourth-order valence-corrected chi connectivity index (χ4v) is 5.63. The third-order valence-corrected chi connectivity index (χ3v) is 7.76. The number of Topliss-reactive ketones (excluding diaryl/α,β-unsaturated/α-hetero) is 1. The fraction of sp³-hybridized carbons (Fsp3) is 0.900. The molecule has 16 heavy (non-hydrogen) atoms. The highest BCUT2D eigenvalue weighted by molar-refractivity contribution is 9.11. The summed E-state index contributed by atoms with van der Waals surface area (Å²) in [6.07, 6.45) is 1.83. The summed E-state index contributed by atoms with van der Waals surface area (Å²) in [5.41, 5.74) is -1.32. The van der Waals surface area contributed by atoms with Gasteiger partial charge in [-0.1, -0.05) is 29.8 Å². The monoisotopic (exact) mass is 310 g/mol. The largest absolute Gasteiger partial charge is 0.299 e. The molecule has 0 spiro atoms. The van der Waals surface area contributed by atoms with Gasteiger partial charge in [0.15, 0.2) is 4.16 Å². The molecule has 0 amide bonds. The van der Waals surface area contributed by atoms with Gasteiger partial charge in [-0.15, -0.1) is 0 Å². The van der Waals surface area contributed by atoms with Crippen molar-refractivity contribution >= 4 is 31.8 Å². The number of ketones is 1. The van der Waals surface area contributed by atoms with Crippen molar-refractivity contribution < 1.29 is 17.8 Å². The first-order valence-corrected chi connectivity index (χ1v) is 7.69. The number of hydrogen-bond acceptors (Lipinski definition) is 3. The second kappa shape index (κ2) is 3.29. The van der Waals surface area contributed by atoms with E-state index in [2.05, 4.69) is 15.9 Å². The Morgan fingerprint density at radius 2 is 2.06 bits per heavy atom. The van der Waals surface area contributed by atoms with E-state index in [0.29, 0.717) is 12.8 Å². The summed E-state index contributed by atoms with van der Waals surface area (Å²) in [5, 5.41) is 0. The molecule has 0 saturated heterocycles. The lowest BCUT2D eigenvalue weighted by atomic mass is 9.70. The summed E-state index contributed by atoms with van der Waals surface area (Å²) in [5.74, 6) is 0.204. The number of hydrogen-bond donors (Lipinski definition) is 1. The van der Waals surface area contributed by atoms with Gasteiger partial charge in [0.05, 0.1) is 5.41 Å². The number of fused-ring (bicyclic) bond motifs is 2. The first kappa shape index (κ1) is 12.5. The van der Waals surface area contributed by atoms with Gasteiger partial charge in [-0.05, 0) is 24.2 Å². The minimum absolute atomic E-state index is 0.0340. The summed E-state index contributed by atoms with van der Waals surface area (Å²) < 4.78 is 30.6. The summed E-state index contributed by atoms with van der Waals surface area (Å²) in [4.78, 5) is 12.1. The molecule has 92 valence electrons. The molecule has 2 bridgehead atoms. The smallest absolute Gasteiger partial charge is 0.278 e. The molecule has 0 heterocycles. The van der Waals surface area contributed by atoms with Gasteiger partial charge in [0, 0.05) is 6.42 Å². The highest BCUT2D eigenvalue weighted by Crippen LogP contribution is 2.67. The fourth-order valence-electron chi connectivity index (χ4n) is 3.50. The molecule has 2 aliphatic rings. The molecule has 2 aliphatic carbocycles. The SMILES string of the molecule is CC1(C)C2CCC1([C@@H](Br)S(=O)(=O)O)C(=O)C2. The number of rotatable bonds is 2. The molecule has 2 unspecified atom stereocenters. The zero-order valence-electron chi connectivity index (χ0n) is 9.23. The number of halogens is 1. The Morgan fingerprint density at radius 3 is 2.38 bits per heavy atom. The Bertz CT molecular complexity index is 442. The Morgan fingerprint density at radius 1 is 1.50 bits per heavy atom. The van der Waals surface area contributed by atoms with Crippen LogP contribution < -0.4 is 0 Å². The molecular weight excluding hydrogens is 296 g/mol. The average molecular weight is 311 g/mol. The summed E-state index contributed by atoms with van der Waals surface area (Å²) in [6, 6.07) is 0. The van der Waals surface area contributed by atoms with Gasteiger partial charge < -0.3 is 0 Å². The topological polar surface area (TPSA) is 71.4 Å². The molecule has 0 aliphatic heterocycles. The summed E-state index contributed by atoms with van der Waals surface area (Å²) in [7, 11) is -4.24. The van der Waals surface area contributed by atoms with Gasteiger partial charge in [-0.3, -0.25) is 9.35 Å². The third-order valence-electron chi connectivity index (χ3n) is 4.64. The molecule has 4 nitrogen and oxygen atoms in total. The molecule has 1 N–H and O–H groups in total. The Kier molecular flexibility index (Phi) is 2.58. The van der Waals surface area contributed by atoms with Gasteiger partial charge in [0.25, 0.3) is 10.1 Å². The number of carbonyl (C=O) groups is 1. The first-order chi connectivity index (χ1) is 7.14. The molecule has 6 heteroatoms. The lowest BCUT2D eigenvalue weighted by molar-refractivity contribution is -0.128. The predicted octanol–water partition coefficient (Wildman–Crippen LogP) is 1.99. The van der Waals surface area contributed by atoms with E-state index in [-0.39, 0.29) is 17.1 Å². The maximum atomic E-state index is 12.1. The van der Waals surface area contributed by atoms with Gasteiger partial charge in [0.1, 0.15) is 5.78 Å². The van der Waals surface area contributed by atoms with Crippen molar-refractivity contribution in [3.8, 4) is 0 Å². The Labute approximate surface area is 104 Å². The van der Waals surface area contributed by atoms with Crippen molar-refractivity contribution in [2.75, 3.05) is 0 Å². The van der Waals surface area contributed by atoms with E-state index in [0.717, 1.165) is 6.42 Å². The number of alkyl halides is 1. The standard InChI is InChI=1S/C10H15BrO4S/c1-9(2)6-3-4-10(9,7(12)5-6)8(11)16(13,14)15/h6,8H,3-5H2,1-2H3,(H,13,14,15)/t6?,8-,10?/m0/s1. The minimum Gasteiger partial charge on any atom is -0.299 e. The maximum Gasteiger partial charge on any atom is 0.278 e. The lowest BCUT2D eigenvalue weighted by Gasteiger charge is -2.38. The van der Waals surface area contributed by atoms with Crippen LogP contribution in [0.25, 0.3) is 0 Å². The summed E-state index contributed by atoms with van der Waals surface area (Å²) >= 11 is 3.03. The van der Waals surface area contributed by atoms with E-state index in [9.17, 15) is 17.8 Å². The van der Waals surface area contributed by atoms with Crippen molar-refractivity contribution in [3.05, 3.63) is 0 Å². The normalized spacial score (nSPS) is 39.0. The molecular formula is C10H15BrO4S. The molecule has 2 rings (SSSR count). The van der Waals surface area contributed by atoms with Gasteiger partial charge in [-0.2, -0.15) is 8.42 Å². The lowest BCUT2D eigenvalue weighted by Crippen LogP contribution is -2.46. The first-order valence-electron chi connectivity index (χ1n) is 5.27. The molecule has 0 aromatic carbocycles. The van der Waals surface area contributed by atoms with Crippen LogP contribution in [0.1, 0.15) is 33.1 Å². The van der Waals surface area contributed by atoms with Crippen molar-refractivity contribution in [2.45, 2.75) is 37.3 Å². The van der Waals surface area contributed by atoms with Crippen LogP contribution in [0.4, 0.5) is 0 Å². The molecule has 2 saturated carbocycles. The van der Waals surface area contributed by atoms with Crippen LogP contribution in [0.3, 0.4) is 0 Å². The Hall–Kier alpha value is 0.0600. The molecule has 2 fully saturated rings. The summed E-state index contributed by atoms with van der Waals surface area (Å²) in [6.45, 7) is 3.85. The van der Waals surface area contributed by atoms with Crippen LogP contribution in [0.15, 0.2) is 0 Å². The van der Waals surface area contributed by atoms with Crippen molar-refractivity contribution in [1.82, 2.24) is 0 Å². The van der Waals surface area contributed by atoms with Crippen LogP contribution in [0.2, 0.25) is 0 Å². The van der Waals surface area contributed by atoms with Crippen molar-refractivity contribution in [2.24, 2.45) is 16.7 Å². The van der Waals surface area contributed by atoms with E-state index in [4.69, 9.17) is 0 Å². The molecule has 3 atom stereocenters. The second-order valence-electron chi connectivity index (χ2n) is 5.39. The average Bonchev–Trinajstić information content (AvgIpc) is 2.48. The van der Waals surface area contributed by atoms with Crippen LogP contribution >= 0.6 is 15.9 Å². The molecule has 0 radical (unpaired) electrons. The van der Waals surface area contributed by atoms with Gasteiger partial charge >= 0.3 is 0 Å². The molecule has 0 aromatic heterocycles. The highest BCUT2D eigenvalue weighted by Gasteiger charge is 2.69. The van der Waals surface area contributed by atoms with E-state index in [1.807, 2.05) is 13.8 Å². The van der Waals surface area contributed by atoms with Crippen LogP contribution in [0.5, 0.6) is 0 Å². The van der Waals surface area contributed by atoms with E-state index >= 15 is 0 Å². The van der Waals surface area contributed by atoms with Gasteiger partial charge in [-0.25, -0.2) is 0 Å². The van der Waals surface area contributed by atoms with E-state index in [1.54, 1.807) is 0 Å². The zero-order chi connectivity index (χ0) is 12.4. The van der Waals surface area contributed by atoms with Crippen molar-refractivity contribution in [3.63, 3.8) is 0 Å². The minimum atomic E-state index is -4.24. The van der Waals surface area contributed by atoms with Gasteiger partial charge in [0.2, 0.25) is 0 Å². The van der Waals surface area contributed by atoms with Crippen LogP contribution in [-0.2, 0) is 14.9 Å². The van der Waals surface area contributed by atoms with Crippen LogP contribution in [0, 0.1) is 16.7 Å². The number of carbonyl (C=O) groups excluding carboxylic acids is 1. The predicted molar refractivity (Wildman–Crippen MR) is 62.8 cm³/mol. The third kappa shape index (κ3) is 1.29. The second-order valence-corrected chi connectivity index (χ2v) is 8.41. The van der Waals surface area contributed by atoms with Crippen molar-refractivity contribution in [1.29, 1.82) is 0 Å². The quantitative estimate of drug-likeness (QED) is 0.625. The maximum absolute atomic E-state index is 12.1. The Balaban J connectivity index is 2.56. The van der Waals surface area contributed by atoms with E-state index in [1.165, 1.54) is 0 Å². The van der Waals surface area contributed by atoms with E-state index < -0.39 is 19.7 Å². The highest BCUT2D eigenvalue weighted by atomic mass is 79.9.